The molecule has 0 unspecified atom stereocenters. The highest BCUT2D eigenvalue weighted by molar-refractivity contribution is 5.96. The van der Waals surface area contributed by atoms with Crippen molar-refractivity contribution in [3.63, 3.8) is 0 Å². The Morgan fingerprint density at radius 2 is 1.91 bits per heavy atom. The van der Waals surface area contributed by atoms with Gasteiger partial charge in [0.15, 0.2) is 0 Å². The maximum Gasteiger partial charge on any atom is 0.326 e. The number of aromatic nitrogens is 1. The number of carboxylic acids is 1. The van der Waals surface area contributed by atoms with E-state index in [1.54, 1.807) is 18.4 Å². The van der Waals surface area contributed by atoms with Gasteiger partial charge in [-0.1, -0.05) is 27.2 Å². The van der Waals surface area contributed by atoms with Crippen molar-refractivity contribution in [1.82, 2.24) is 9.88 Å². The highest BCUT2D eigenvalue weighted by atomic mass is 16.4. The third-order valence-corrected chi connectivity index (χ3v) is 4.01. The van der Waals surface area contributed by atoms with Gasteiger partial charge in [0.05, 0.1) is 0 Å². The Hall–Kier alpha value is -2.11. The summed E-state index contributed by atoms with van der Waals surface area (Å²) in [6.45, 7) is 9.69. The molecule has 0 saturated heterocycles. The molecular formula is C17H26N2O4. The molecular weight excluding hydrogens is 296 g/mol. The van der Waals surface area contributed by atoms with Gasteiger partial charge in [-0.05, 0) is 37.8 Å². The molecule has 0 fully saturated rings. The van der Waals surface area contributed by atoms with Crippen molar-refractivity contribution in [3.05, 3.63) is 33.2 Å². The van der Waals surface area contributed by atoms with Gasteiger partial charge in [0.2, 0.25) is 0 Å². The quantitative estimate of drug-likeness (QED) is 0.804. The van der Waals surface area contributed by atoms with Crippen LogP contribution in [0.2, 0.25) is 0 Å². The van der Waals surface area contributed by atoms with E-state index in [4.69, 9.17) is 0 Å². The first-order chi connectivity index (χ1) is 10.7. The Labute approximate surface area is 136 Å². The Morgan fingerprint density at radius 3 is 2.39 bits per heavy atom. The van der Waals surface area contributed by atoms with Crippen molar-refractivity contribution in [2.24, 2.45) is 5.92 Å². The summed E-state index contributed by atoms with van der Waals surface area (Å²) in [6, 6.07) is 0.516. The van der Waals surface area contributed by atoms with Gasteiger partial charge in [0, 0.05) is 12.2 Å². The normalized spacial score (nSPS) is 12.3. The van der Waals surface area contributed by atoms with Crippen LogP contribution in [0.15, 0.2) is 10.9 Å². The van der Waals surface area contributed by atoms with E-state index in [-0.39, 0.29) is 17.0 Å². The van der Waals surface area contributed by atoms with E-state index in [0.29, 0.717) is 6.54 Å². The molecule has 0 aliphatic carbocycles. The molecule has 2 N–H and O–H groups in total. The van der Waals surface area contributed by atoms with Crippen molar-refractivity contribution in [2.75, 3.05) is 0 Å². The predicted octanol–water partition coefficient (Wildman–Crippen LogP) is 2.10. The second kappa shape index (κ2) is 7.94. The minimum absolute atomic E-state index is 0.00361. The fraction of sp³-hybridized carbons (Fsp3) is 0.588. The van der Waals surface area contributed by atoms with Crippen LogP contribution in [0.5, 0.6) is 0 Å². The van der Waals surface area contributed by atoms with Crippen LogP contribution in [0, 0.1) is 19.8 Å². The number of pyridine rings is 1. The molecule has 1 heterocycles. The third kappa shape index (κ3) is 4.43. The summed E-state index contributed by atoms with van der Waals surface area (Å²) in [5.74, 6) is -2.02. The van der Waals surface area contributed by atoms with E-state index >= 15 is 0 Å². The third-order valence-electron chi connectivity index (χ3n) is 4.01. The first kappa shape index (κ1) is 18.9. The fourth-order valence-corrected chi connectivity index (χ4v) is 2.37. The summed E-state index contributed by atoms with van der Waals surface area (Å²) in [4.78, 5) is 36.2. The minimum Gasteiger partial charge on any atom is -0.480 e. The molecule has 0 bridgehead atoms. The summed E-state index contributed by atoms with van der Waals surface area (Å²) in [6.07, 6.45) is 1.78. The van der Waals surface area contributed by atoms with Crippen LogP contribution >= 0.6 is 0 Å². The Morgan fingerprint density at radius 1 is 1.30 bits per heavy atom. The molecule has 1 amide bonds. The van der Waals surface area contributed by atoms with E-state index in [2.05, 4.69) is 5.32 Å². The summed E-state index contributed by atoms with van der Waals surface area (Å²) in [5, 5.41) is 11.6. The van der Waals surface area contributed by atoms with Crippen LogP contribution in [0.3, 0.4) is 0 Å². The summed E-state index contributed by atoms with van der Waals surface area (Å²) >= 11 is 0. The topological polar surface area (TPSA) is 88.4 Å². The zero-order chi connectivity index (χ0) is 17.7. The van der Waals surface area contributed by atoms with E-state index in [0.717, 1.165) is 24.1 Å². The molecule has 1 aromatic heterocycles. The number of aryl methyl sites for hydroxylation is 1. The molecule has 6 heteroatoms. The van der Waals surface area contributed by atoms with Crippen molar-refractivity contribution >= 4 is 11.9 Å². The van der Waals surface area contributed by atoms with Crippen LogP contribution in [0.1, 0.15) is 55.2 Å². The van der Waals surface area contributed by atoms with E-state index in [9.17, 15) is 19.5 Å². The van der Waals surface area contributed by atoms with Crippen LogP contribution in [0.4, 0.5) is 0 Å². The van der Waals surface area contributed by atoms with Crippen molar-refractivity contribution in [1.29, 1.82) is 0 Å². The Kier molecular flexibility index (Phi) is 6.54. The average Bonchev–Trinajstić information content (AvgIpc) is 2.47. The monoisotopic (exact) mass is 322 g/mol. The molecule has 0 radical (unpaired) electrons. The lowest BCUT2D eigenvalue weighted by atomic mass is 10.0. The molecule has 0 spiro atoms. The maximum atomic E-state index is 12.6. The van der Waals surface area contributed by atoms with Gasteiger partial charge in [0.1, 0.15) is 11.6 Å². The van der Waals surface area contributed by atoms with Crippen LogP contribution in [-0.2, 0) is 11.3 Å². The zero-order valence-corrected chi connectivity index (χ0v) is 14.5. The van der Waals surface area contributed by atoms with Crippen LogP contribution in [-0.4, -0.2) is 27.6 Å². The van der Waals surface area contributed by atoms with E-state index in [1.807, 2.05) is 20.8 Å². The number of aliphatic carboxylic acids is 1. The number of nitrogens with zero attached hydrogens (tertiary/aromatic N) is 1. The number of hydrogen-bond donors (Lipinski definition) is 2. The second-order valence-corrected chi connectivity index (χ2v) is 6.17. The van der Waals surface area contributed by atoms with Crippen LogP contribution < -0.4 is 10.9 Å². The molecule has 6 nitrogen and oxygen atoms in total. The van der Waals surface area contributed by atoms with Gasteiger partial charge >= 0.3 is 5.97 Å². The number of carboxylic acid groups (broad SMARTS) is 1. The largest absolute Gasteiger partial charge is 0.480 e. The number of carbonyl (C=O) groups excluding carboxylic acids is 1. The molecule has 0 saturated carbocycles. The van der Waals surface area contributed by atoms with Gasteiger partial charge in [-0.15, -0.1) is 0 Å². The summed E-state index contributed by atoms with van der Waals surface area (Å²) in [7, 11) is 0. The van der Waals surface area contributed by atoms with Crippen molar-refractivity contribution < 1.29 is 14.7 Å². The number of carbonyl (C=O) groups is 2. The lowest BCUT2D eigenvalue weighted by Gasteiger charge is -2.19. The SMILES string of the molecule is CCCCn1c(C)c(C)cc(C(=O)N[C@@H](C(=O)O)C(C)C)c1=O. The van der Waals surface area contributed by atoms with Crippen molar-refractivity contribution in [3.8, 4) is 0 Å². The number of amides is 1. The molecule has 0 aromatic carbocycles. The summed E-state index contributed by atoms with van der Waals surface area (Å²) < 4.78 is 1.60. The molecule has 128 valence electrons. The lowest BCUT2D eigenvalue weighted by molar-refractivity contribution is -0.140. The highest BCUT2D eigenvalue weighted by Gasteiger charge is 2.25. The zero-order valence-electron chi connectivity index (χ0n) is 14.5. The Balaban J connectivity index is 3.22. The van der Waals surface area contributed by atoms with E-state index in [1.165, 1.54) is 6.07 Å². The van der Waals surface area contributed by atoms with Crippen molar-refractivity contribution in [2.45, 2.75) is 60.0 Å². The fourth-order valence-electron chi connectivity index (χ4n) is 2.37. The molecule has 1 atom stereocenters. The number of nitrogens with one attached hydrogen (secondary N) is 1. The number of hydrogen-bond acceptors (Lipinski definition) is 3. The number of unbranched alkanes of at least 4 members (excludes halogenated alkanes) is 1. The van der Waals surface area contributed by atoms with Gasteiger partial charge in [-0.3, -0.25) is 9.59 Å². The Bertz CT molecular complexity index is 647. The lowest BCUT2D eigenvalue weighted by Crippen LogP contribution is -2.46. The van der Waals surface area contributed by atoms with Gasteiger partial charge in [0.25, 0.3) is 11.5 Å². The first-order valence-corrected chi connectivity index (χ1v) is 7.95. The molecule has 1 rings (SSSR count). The van der Waals surface area contributed by atoms with Gasteiger partial charge in [-0.2, -0.15) is 0 Å². The predicted molar refractivity (Wildman–Crippen MR) is 88.8 cm³/mol. The maximum absolute atomic E-state index is 12.6. The minimum atomic E-state index is -1.11. The summed E-state index contributed by atoms with van der Waals surface area (Å²) in [5.41, 5.74) is 1.30. The van der Waals surface area contributed by atoms with Gasteiger partial charge < -0.3 is 15.0 Å². The molecule has 0 aliphatic rings. The van der Waals surface area contributed by atoms with E-state index < -0.39 is 17.9 Å². The average molecular weight is 322 g/mol. The second-order valence-electron chi connectivity index (χ2n) is 6.17. The van der Waals surface area contributed by atoms with Gasteiger partial charge in [-0.25, -0.2) is 4.79 Å². The van der Waals surface area contributed by atoms with Crippen LogP contribution in [0.25, 0.3) is 0 Å². The smallest absolute Gasteiger partial charge is 0.326 e. The molecule has 1 aromatic rings. The standard InChI is InChI=1S/C17H26N2O4/c1-6-7-8-19-12(5)11(4)9-13(16(19)21)15(20)18-14(10(2)3)17(22)23/h9-10,14H,6-8H2,1-5H3,(H,18,20)(H,22,23)/t14-/m1/s1. The highest BCUT2D eigenvalue weighted by Crippen LogP contribution is 2.09. The molecule has 0 aliphatic heterocycles. The first-order valence-electron chi connectivity index (χ1n) is 7.95. The number of rotatable bonds is 7. The molecule has 23 heavy (non-hydrogen) atoms.